The van der Waals surface area contributed by atoms with Crippen molar-refractivity contribution in [1.82, 2.24) is 0 Å². The summed E-state index contributed by atoms with van der Waals surface area (Å²) in [5.41, 5.74) is 9.41. The molecule has 0 atom stereocenters. The van der Waals surface area contributed by atoms with Gasteiger partial charge in [-0.1, -0.05) is 84.9 Å². The Morgan fingerprint density at radius 3 is 2.18 bits per heavy atom. The number of fused-ring (bicyclic) bond motifs is 3. The van der Waals surface area contributed by atoms with E-state index >= 15 is 0 Å². The Morgan fingerprint density at radius 2 is 1.41 bits per heavy atom. The average Bonchev–Trinajstić information content (AvgIpc) is 3.28. The van der Waals surface area contributed by atoms with Crippen LogP contribution >= 0.6 is 0 Å². The van der Waals surface area contributed by atoms with Gasteiger partial charge >= 0.3 is 0 Å². The molecule has 0 amide bonds. The number of para-hydroxylation sites is 1. The Balaban J connectivity index is 1.52. The summed E-state index contributed by atoms with van der Waals surface area (Å²) in [5, 5.41) is 2.10. The van der Waals surface area contributed by atoms with E-state index < -0.39 is 6.85 Å². The molecular formula is C32H26NO+. The first-order valence-corrected chi connectivity index (χ1v) is 11.4. The van der Waals surface area contributed by atoms with Crippen LogP contribution in [-0.4, -0.2) is 0 Å². The highest BCUT2D eigenvalue weighted by molar-refractivity contribution is 6.13. The standard InChI is InChI=1S/C32H26NO/c1-21-12-19-29(33(3)20-21)30-22(2)13-18-28-27-11-7-10-26(31(27)34-32(28)30)25-16-14-24(15-17-25)23-8-5-4-6-9-23/h4-20H,1-3H3/q+1/i1D3. The van der Waals surface area contributed by atoms with Crippen LogP contribution in [-0.2, 0) is 7.05 Å². The van der Waals surface area contributed by atoms with Gasteiger partial charge in [-0.2, -0.15) is 0 Å². The second-order valence-electron chi connectivity index (χ2n) is 8.78. The minimum absolute atomic E-state index is 0.314. The molecule has 2 heterocycles. The monoisotopic (exact) mass is 443 g/mol. The predicted molar refractivity (Wildman–Crippen MR) is 141 cm³/mol. The van der Waals surface area contributed by atoms with Gasteiger partial charge in [-0.05, 0) is 42.1 Å². The molecule has 2 heteroatoms. The third-order valence-corrected chi connectivity index (χ3v) is 6.57. The van der Waals surface area contributed by atoms with Gasteiger partial charge in [-0.3, -0.25) is 0 Å². The van der Waals surface area contributed by atoms with Crippen LogP contribution in [0.2, 0.25) is 0 Å². The van der Waals surface area contributed by atoms with Gasteiger partial charge in [0.2, 0.25) is 5.69 Å². The van der Waals surface area contributed by atoms with Crippen LogP contribution in [0.4, 0.5) is 0 Å². The molecule has 34 heavy (non-hydrogen) atoms. The molecule has 0 unspecified atom stereocenters. The second-order valence-corrected chi connectivity index (χ2v) is 8.78. The normalized spacial score (nSPS) is 13.1. The lowest BCUT2D eigenvalue weighted by atomic mass is 9.97. The van der Waals surface area contributed by atoms with Gasteiger partial charge in [0.25, 0.3) is 0 Å². The first kappa shape index (κ1) is 17.3. The zero-order valence-electron chi connectivity index (χ0n) is 22.2. The van der Waals surface area contributed by atoms with Crippen LogP contribution in [0.5, 0.6) is 0 Å². The van der Waals surface area contributed by atoms with E-state index in [-0.39, 0.29) is 0 Å². The number of furan rings is 1. The molecule has 0 radical (unpaired) electrons. The summed E-state index contributed by atoms with van der Waals surface area (Å²) in [5.74, 6) is 0. The summed E-state index contributed by atoms with van der Waals surface area (Å²) >= 11 is 0. The van der Waals surface area contributed by atoms with E-state index in [0.29, 0.717) is 5.56 Å². The van der Waals surface area contributed by atoms with E-state index in [1.165, 1.54) is 11.1 Å². The number of aryl methyl sites for hydroxylation is 3. The maximum atomic E-state index is 7.76. The fourth-order valence-electron chi connectivity index (χ4n) is 4.85. The molecule has 0 saturated heterocycles. The van der Waals surface area contributed by atoms with Crippen molar-refractivity contribution in [3.8, 4) is 33.5 Å². The molecule has 0 aliphatic heterocycles. The van der Waals surface area contributed by atoms with Crippen molar-refractivity contribution in [1.29, 1.82) is 0 Å². The molecule has 2 nitrogen and oxygen atoms in total. The summed E-state index contributed by atoms with van der Waals surface area (Å²) in [7, 11) is 1.88. The number of aromatic nitrogens is 1. The molecule has 0 N–H and O–H groups in total. The number of benzene rings is 4. The highest BCUT2D eigenvalue weighted by Gasteiger charge is 2.21. The Kier molecular flexibility index (Phi) is 4.08. The van der Waals surface area contributed by atoms with Gasteiger partial charge in [-0.25, -0.2) is 4.57 Å². The minimum Gasteiger partial charge on any atom is -0.454 e. The quantitative estimate of drug-likeness (QED) is 0.253. The van der Waals surface area contributed by atoms with Crippen molar-refractivity contribution in [2.24, 2.45) is 7.05 Å². The lowest BCUT2D eigenvalue weighted by molar-refractivity contribution is -0.660. The second kappa shape index (κ2) is 8.00. The van der Waals surface area contributed by atoms with E-state index in [0.717, 1.165) is 49.9 Å². The summed E-state index contributed by atoms with van der Waals surface area (Å²) in [6.07, 6.45) is 1.68. The van der Waals surface area contributed by atoms with Gasteiger partial charge in [0.05, 0.1) is 5.56 Å². The van der Waals surface area contributed by atoms with Crippen molar-refractivity contribution < 1.29 is 13.1 Å². The van der Waals surface area contributed by atoms with Crippen molar-refractivity contribution in [2.45, 2.75) is 13.8 Å². The van der Waals surface area contributed by atoms with E-state index in [2.05, 4.69) is 85.8 Å². The molecule has 0 fully saturated rings. The predicted octanol–water partition coefficient (Wildman–Crippen LogP) is 8.03. The van der Waals surface area contributed by atoms with Crippen molar-refractivity contribution in [3.63, 3.8) is 0 Å². The summed E-state index contributed by atoms with van der Waals surface area (Å²) in [6.45, 7) is -0.0927. The van der Waals surface area contributed by atoms with Crippen LogP contribution in [0.3, 0.4) is 0 Å². The van der Waals surface area contributed by atoms with Crippen LogP contribution in [0, 0.1) is 13.8 Å². The number of rotatable bonds is 3. The van der Waals surface area contributed by atoms with Crippen molar-refractivity contribution >= 4 is 21.9 Å². The maximum absolute atomic E-state index is 7.76. The van der Waals surface area contributed by atoms with Crippen LogP contribution in [0.15, 0.2) is 108 Å². The Bertz CT molecular complexity index is 1760. The first-order valence-electron chi connectivity index (χ1n) is 12.9. The third kappa shape index (κ3) is 3.31. The molecule has 0 spiro atoms. The largest absolute Gasteiger partial charge is 0.454 e. The third-order valence-electron chi connectivity index (χ3n) is 6.57. The molecule has 0 aliphatic carbocycles. The molecule has 4 aromatic carbocycles. The molecule has 2 aromatic heterocycles. The van der Waals surface area contributed by atoms with Gasteiger partial charge < -0.3 is 4.42 Å². The Hall–Kier alpha value is -4.17. The van der Waals surface area contributed by atoms with Gasteiger partial charge in [-0.15, -0.1) is 0 Å². The van der Waals surface area contributed by atoms with E-state index in [9.17, 15) is 0 Å². The number of pyridine rings is 1. The van der Waals surface area contributed by atoms with E-state index in [4.69, 9.17) is 8.53 Å². The first-order chi connectivity index (χ1) is 17.8. The molecule has 164 valence electrons. The van der Waals surface area contributed by atoms with E-state index in [1.54, 1.807) is 12.3 Å². The summed E-state index contributed by atoms with van der Waals surface area (Å²) in [4.78, 5) is 0. The molecule has 0 bridgehead atoms. The number of hydrogen-bond acceptors (Lipinski definition) is 1. The summed E-state index contributed by atoms with van der Waals surface area (Å²) in [6, 6.07) is 33.0. The molecule has 6 rings (SSSR count). The van der Waals surface area contributed by atoms with Gasteiger partial charge in [0, 0.05) is 32.1 Å². The number of nitrogens with zero attached hydrogens (tertiary/aromatic N) is 1. The van der Waals surface area contributed by atoms with Crippen molar-refractivity contribution in [2.75, 3.05) is 0 Å². The average molecular weight is 444 g/mol. The lowest BCUT2D eigenvalue weighted by Crippen LogP contribution is -2.31. The van der Waals surface area contributed by atoms with Crippen LogP contribution in [0.1, 0.15) is 15.2 Å². The highest BCUT2D eigenvalue weighted by atomic mass is 16.3. The van der Waals surface area contributed by atoms with Crippen molar-refractivity contribution in [3.05, 3.63) is 114 Å². The fourth-order valence-corrected chi connectivity index (χ4v) is 4.85. The van der Waals surface area contributed by atoms with Gasteiger partial charge in [0.1, 0.15) is 18.2 Å². The smallest absolute Gasteiger partial charge is 0.216 e. The fraction of sp³-hybridized carbons (Fsp3) is 0.0938. The maximum Gasteiger partial charge on any atom is 0.216 e. The molecular weight excluding hydrogens is 414 g/mol. The van der Waals surface area contributed by atoms with Crippen LogP contribution < -0.4 is 4.57 Å². The zero-order chi connectivity index (χ0) is 25.7. The Morgan fingerprint density at radius 1 is 0.676 bits per heavy atom. The SMILES string of the molecule is [2H]C([2H])([2H])c1ccc(-c2c(C)ccc3c2oc2c(-c4ccc(-c5ccccc5)cc4)cccc23)[n+](C)c1. The highest BCUT2D eigenvalue weighted by Crippen LogP contribution is 2.40. The Labute approximate surface area is 203 Å². The summed E-state index contributed by atoms with van der Waals surface area (Å²) < 4.78 is 31.8. The molecule has 6 aromatic rings. The zero-order valence-corrected chi connectivity index (χ0v) is 19.2. The molecule has 0 aliphatic rings. The van der Waals surface area contributed by atoms with Gasteiger partial charge in [0.15, 0.2) is 6.20 Å². The lowest BCUT2D eigenvalue weighted by Gasteiger charge is -2.06. The van der Waals surface area contributed by atoms with Crippen LogP contribution in [0.25, 0.3) is 55.4 Å². The topological polar surface area (TPSA) is 17.0 Å². The minimum atomic E-state index is -2.15. The number of hydrogen-bond donors (Lipinski definition) is 0. The van der Waals surface area contributed by atoms with E-state index in [1.807, 2.05) is 23.7 Å². The molecule has 0 saturated carbocycles.